The lowest BCUT2D eigenvalue weighted by Gasteiger charge is -2.32. The van der Waals surface area contributed by atoms with Crippen molar-refractivity contribution < 1.29 is 18.0 Å². The molecule has 8 nitrogen and oxygen atoms in total. The molecule has 1 aromatic heterocycles. The van der Waals surface area contributed by atoms with Crippen molar-refractivity contribution in [2.75, 3.05) is 31.6 Å². The van der Waals surface area contributed by atoms with Crippen molar-refractivity contribution in [2.45, 2.75) is 26.3 Å². The molecule has 1 aliphatic heterocycles. The van der Waals surface area contributed by atoms with Crippen LogP contribution in [0.4, 0.5) is 0 Å². The third-order valence-corrected chi connectivity index (χ3v) is 7.65. The van der Waals surface area contributed by atoms with Gasteiger partial charge in [0.05, 0.1) is 11.3 Å². The number of nitrogens with zero attached hydrogens (tertiary/aromatic N) is 3. The Bertz CT molecular complexity index is 1340. The van der Waals surface area contributed by atoms with Gasteiger partial charge in [-0.05, 0) is 67.6 Å². The Morgan fingerprint density at radius 2 is 1.80 bits per heavy atom. The van der Waals surface area contributed by atoms with Crippen LogP contribution in [0.25, 0.3) is 10.9 Å². The summed E-state index contributed by atoms with van der Waals surface area (Å²) < 4.78 is 24.5. The van der Waals surface area contributed by atoms with E-state index in [1.165, 1.54) is 0 Å². The Balaban J connectivity index is 1.37. The molecule has 2 heterocycles. The molecule has 0 aliphatic carbocycles. The molecule has 10 heteroatoms. The predicted octanol–water partition coefficient (Wildman–Crippen LogP) is 3.32. The second-order valence-electron chi connectivity index (χ2n) is 9.15. The van der Waals surface area contributed by atoms with Crippen LogP contribution in [0.2, 0.25) is 5.02 Å². The number of sulfone groups is 1. The highest BCUT2D eigenvalue weighted by molar-refractivity contribution is 7.90. The van der Waals surface area contributed by atoms with Crippen LogP contribution < -0.4 is 5.32 Å². The van der Waals surface area contributed by atoms with Crippen LogP contribution in [0.1, 0.15) is 39.1 Å². The summed E-state index contributed by atoms with van der Waals surface area (Å²) in [7, 11) is -3.14. The fourth-order valence-corrected chi connectivity index (χ4v) is 5.02. The van der Waals surface area contributed by atoms with E-state index in [9.17, 15) is 18.0 Å². The lowest BCUT2D eigenvalue weighted by Crippen LogP contribution is -2.39. The summed E-state index contributed by atoms with van der Waals surface area (Å²) in [4.78, 5) is 27.2. The number of aryl methyl sites for hydroxylation is 1. The zero-order chi connectivity index (χ0) is 25.2. The van der Waals surface area contributed by atoms with Crippen LogP contribution in [0.3, 0.4) is 0 Å². The molecule has 1 saturated heterocycles. The average Bonchev–Trinajstić information content (AvgIpc) is 3.22. The van der Waals surface area contributed by atoms with Crippen LogP contribution in [-0.4, -0.2) is 66.6 Å². The van der Waals surface area contributed by atoms with Gasteiger partial charge in [-0.15, -0.1) is 0 Å². The number of hydrogen-bond donors (Lipinski definition) is 1. The van der Waals surface area contributed by atoms with Gasteiger partial charge in [0.25, 0.3) is 11.8 Å². The summed E-state index contributed by atoms with van der Waals surface area (Å²) in [5, 5.41) is 8.87. The lowest BCUT2D eigenvalue weighted by molar-refractivity contribution is 0.0681. The van der Waals surface area contributed by atoms with Crippen LogP contribution >= 0.6 is 11.6 Å². The number of hydrogen-bond acceptors (Lipinski definition) is 5. The van der Waals surface area contributed by atoms with Crippen LogP contribution in [0.5, 0.6) is 0 Å². The van der Waals surface area contributed by atoms with Gasteiger partial charge in [0, 0.05) is 60.2 Å². The molecular weight excluding hydrogens is 488 g/mol. The molecule has 0 atom stereocenters. The summed E-state index contributed by atoms with van der Waals surface area (Å²) in [6.45, 7) is 4.09. The fourth-order valence-electron chi connectivity index (χ4n) is 4.42. The molecule has 0 saturated carbocycles. The van der Waals surface area contributed by atoms with Crippen LogP contribution in [0.15, 0.2) is 42.6 Å². The van der Waals surface area contributed by atoms with Gasteiger partial charge >= 0.3 is 0 Å². The lowest BCUT2D eigenvalue weighted by atomic mass is 9.96. The third kappa shape index (κ3) is 6.21. The first-order valence-corrected chi connectivity index (χ1v) is 14.0. The quantitative estimate of drug-likeness (QED) is 0.519. The van der Waals surface area contributed by atoms with Gasteiger partial charge in [-0.25, -0.2) is 8.42 Å². The minimum absolute atomic E-state index is 0.0305. The molecule has 0 spiro atoms. The first-order chi connectivity index (χ1) is 16.6. The Hall–Kier alpha value is -2.91. The van der Waals surface area contributed by atoms with E-state index in [2.05, 4.69) is 10.4 Å². The summed E-state index contributed by atoms with van der Waals surface area (Å²) >= 11 is 5.92. The van der Waals surface area contributed by atoms with Crippen molar-refractivity contribution in [3.05, 3.63) is 64.3 Å². The number of aromatic nitrogens is 2. The molecule has 1 aliphatic rings. The van der Waals surface area contributed by atoms with E-state index in [4.69, 9.17) is 11.6 Å². The smallest absolute Gasteiger partial charge is 0.253 e. The van der Waals surface area contributed by atoms with Gasteiger partial charge in [-0.3, -0.25) is 14.3 Å². The van der Waals surface area contributed by atoms with Gasteiger partial charge in [0.2, 0.25) is 0 Å². The SMILES string of the molecule is Cc1c(C(=O)NCCS(C)(=O)=O)ccc2nn(CC3CCN(C(=O)c4ccc(Cl)cc4)CC3)cc12. The van der Waals surface area contributed by atoms with E-state index in [1.807, 2.05) is 28.8 Å². The summed E-state index contributed by atoms with van der Waals surface area (Å²) in [6.07, 6.45) is 4.89. The zero-order valence-electron chi connectivity index (χ0n) is 19.8. The Morgan fingerprint density at radius 3 is 2.46 bits per heavy atom. The zero-order valence-corrected chi connectivity index (χ0v) is 21.4. The van der Waals surface area contributed by atoms with Gasteiger partial charge < -0.3 is 10.2 Å². The molecule has 0 radical (unpaired) electrons. The number of nitrogens with one attached hydrogen (secondary N) is 1. The summed E-state index contributed by atoms with van der Waals surface area (Å²) in [5.74, 6) is 0.0429. The highest BCUT2D eigenvalue weighted by Crippen LogP contribution is 2.25. The maximum absolute atomic E-state index is 12.7. The number of piperidine rings is 1. The normalized spacial score (nSPS) is 14.9. The first kappa shape index (κ1) is 25.2. The number of halogens is 1. The molecular formula is C25H29ClN4O4S. The third-order valence-electron chi connectivity index (χ3n) is 6.45. The van der Waals surface area contributed by atoms with Crippen LogP contribution in [0, 0.1) is 12.8 Å². The number of rotatable bonds is 7. The minimum atomic E-state index is -3.14. The van der Waals surface area contributed by atoms with E-state index in [0.717, 1.165) is 42.1 Å². The highest BCUT2D eigenvalue weighted by Gasteiger charge is 2.24. The summed E-state index contributed by atoms with van der Waals surface area (Å²) in [6, 6.07) is 10.5. The number of carbonyl (C=O) groups excluding carboxylic acids is 2. The van der Waals surface area contributed by atoms with Gasteiger partial charge in [0.15, 0.2) is 0 Å². The monoisotopic (exact) mass is 516 g/mol. The van der Waals surface area contributed by atoms with E-state index < -0.39 is 9.84 Å². The molecule has 2 amide bonds. The second kappa shape index (κ2) is 10.4. The molecule has 0 unspecified atom stereocenters. The molecule has 1 N–H and O–H groups in total. The minimum Gasteiger partial charge on any atom is -0.351 e. The van der Waals surface area contributed by atoms with Crippen molar-refractivity contribution >= 4 is 44.2 Å². The van der Waals surface area contributed by atoms with Gasteiger partial charge in [-0.1, -0.05) is 11.6 Å². The van der Waals surface area contributed by atoms with Crippen molar-refractivity contribution in [1.82, 2.24) is 20.0 Å². The Kier molecular flexibility index (Phi) is 7.47. The molecule has 2 aromatic carbocycles. The fraction of sp³-hybridized carbons (Fsp3) is 0.400. The maximum atomic E-state index is 12.7. The molecule has 3 aromatic rings. The molecule has 0 bridgehead atoms. The average molecular weight is 517 g/mol. The topological polar surface area (TPSA) is 101 Å². The number of likely N-dealkylation sites (tertiary alicyclic amines) is 1. The molecule has 35 heavy (non-hydrogen) atoms. The van der Waals surface area contributed by atoms with Crippen molar-refractivity contribution in [3.8, 4) is 0 Å². The highest BCUT2D eigenvalue weighted by atomic mass is 35.5. The summed E-state index contributed by atoms with van der Waals surface area (Å²) in [5.41, 5.74) is 2.79. The molecule has 4 rings (SSSR count). The molecule has 186 valence electrons. The predicted molar refractivity (Wildman–Crippen MR) is 137 cm³/mol. The number of carbonyl (C=O) groups is 2. The Morgan fingerprint density at radius 1 is 1.11 bits per heavy atom. The standard InChI is InChI=1S/C25H29ClN4O4S/c1-17-21(24(31)27-11-14-35(2,33)34)7-8-23-22(17)16-30(28-23)15-18-9-12-29(13-10-18)25(32)19-3-5-20(26)6-4-19/h3-8,16,18H,9-15H2,1-2H3,(H,27,31). The van der Waals surface area contributed by atoms with Crippen LogP contribution in [-0.2, 0) is 16.4 Å². The maximum Gasteiger partial charge on any atom is 0.253 e. The number of benzene rings is 2. The first-order valence-electron chi connectivity index (χ1n) is 11.6. The van der Waals surface area contributed by atoms with Crippen molar-refractivity contribution in [2.24, 2.45) is 5.92 Å². The van der Waals surface area contributed by atoms with E-state index in [0.29, 0.717) is 35.2 Å². The Labute approximate surface area is 210 Å². The van der Waals surface area contributed by atoms with E-state index in [1.54, 1.807) is 30.3 Å². The van der Waals surface area contributed by atoms with Gasteiger partial charge in [0.1, 0.15) is 9.84 Å². The molecule has 1 fully saturated rings. The number of amides is 2. The van der Waals surface area contributed by atoms with Crippen molar-refractivity contribution in [1.29, 1.82) is 0 Å². The van der Waals surface area contributed by atoms with E-state index >= 15 is 0 Å². The van der Waals surface area contributed by atoms with E-state index in [-0.39, 0.29) is 24.1 Å². The second-order valence-corrected chi connectivity index (χ2v) is 11.8. The number of fused-ring (bicyclic) bond motifs is 1. The van der Waals surface area contributed by atoms with Gasteiger partial charge in [-0.2, -0.15) is 5.10 Å². The van der Waals surface area contributed by atoms with Crippen molar-refractivity contribution in [3.63, 3.8) is 0 Å². The largest absolute Gasteiger partial charge is 0.351 e.